The highest BCUT2D eigenvalue weighted by atomic mass is 35.5. The number of nitrogens with one attached hydrogen (secondary N) is 1. The van der Waals surface area contributed by atoms with Crippen LogP contribution < -0.4 is 5.32 Å². The van der Waals surface area contributed by atoms with Gasteiger partial charge in [0.2, 0.25) is 0 Å². The summed E-state index contributed by atoms with van der Waals surface area (Å²) in [5.41, 5.74) is 2.63. The Morgan fingerprint density at radius 3 is 2.42 bits per heavy atom. The van der Waals surface area contributed by atoms with Crippen molar-refractivity contribution in [3.05, 3.63) is 53.1 Å². The fourth-order valence-corrected chi connectivity index (χ4v) is 1.97. The van der Waals surface area contributed by atoms with Gasteiger partial charge >= 0.3 is 6.09 Å². The maximum absolute atomic E-state index is 10.5. The SMILES string of the molecule is N#Cc1ccc(-c2ccc(NC(=O)O)cc2)c(Cl)c1. The number of hydrogen-bond acceptors (Lipinski definition) is 2. The molecule has 0 aliphatic carbocycles. The minimum Gasteiger partial charge on any atom is -0.465 e. The Morgan fingerprint density at radius 2 is 1.89 bits per heavy atom. The quantitative estimate of drug-likeness (QED) is 0.869. The molecule has 19 heavy (non-hydrogen) atoms. The van der Waals surface area contributed by atoms with E-state index in [1.165, 1.54) is 0 Å². The van der Waals surface area contributed by atoms with Gasteiger partial charge in [0.05, 0.1) is 11.6 Å². The Balaban J connectivity index is 2.32. The number of hydrogen-bond donors (Lipinski definition) is 2. The molecule has 2 rings (SSSR count). The third-order valence-electron chi connectivity index (χ3n) is 2.55. The second kappa shape index (κ2) is 5.42. The van der Waals surface area contributed by atoms with Crippen LogP contribution in [0.15, 0.2) is 42.5 Å². The second-order valence-corrected chi connectivity index (χ2v) is 4.22. The molecule has 94 valence electrons. The molecule has 0 aliphatic rings. The maximum atomic E-state index is 10.5. The lowest BCUT2D eigenvalue weighted by atomic mass is 10.0. The van der Waals surface area contributed by atoms with Crippen molar-refractivity contribution in [1.29, 1.82) is 5.26 Å². The fraction of sp³-hybridized carbons (Fsp3) is 0. The number of benzene rings is 2. The Labute approximate surface area is 114 Å². The summed E-state index contributed by atoms with van der Waals surface area (Å²) in [4.78, 5) is 10.5. The Hall–Kier alpha value is -2.51. The molecule has 0 saturated heterocycles. The van der Waals surface area contributed by atoms with E-state index in [9.17, 15) is 4.79 Å². The zero-order valence-corrected chi connectivity index (χ0v) is 10.5. The molecular weight excluding hydrogens is 264 g/mol. The Bertz CT molecular complexity index is 660. The summed E-state index contributed by atoms with van der Waals surface area (Å²) in [5.74, 6) is 0. The molecule has 0 unspecified atom stereocenters. The van der Waals surface area contributed by atoms with Crippen molar-refractivity contribution < 1.29 is 9.90 Å². The number of anilines is 1. The number of nitriles is 1. The predicted octanol–water partition coefficient (Wildman–Crippen LogP) is 3.97. The van der Waals surface area contributed by atoms with Crippen molar-refractivity contribution >= 4 is 23.4 Å². The number of nitrogens with zero attached hydrogens (tertiary/aromatic N) is 1. The molecule has 0 atom stereocenters. The van der Waals surface area contributed by atoms with Crippen LogP contribution in [0.4, 0.5) is 10.5 Å². The summed E-state index contributed by atoms with van der Waals surface area (Å²) >= 11 is 6.11. The summed E-state index contributed by atoms with van der Waals surface area (Å²) in [6.45, 7) is 0. The molecule has 0 aromatic heterocycles. The summed E-state index contributed by atoms with van der Waals surface area (Å²) in [6, 6.07) is 13.9. The summed E-state index contributed by atoms with van der Waals surface area (Å²) in [7, 11) is 0. The normalized spacial score (nSPS) is 9.68. The van der Waals surface area contributed by atoms with Crippen molar-refractivity contribution in [3.8, 4) is 17.2 Å². The lowest BCUT2D eigenvalue weighted by Gasteiger charge is -2.06. The van der Waals surface area contributed by atoms with Crippen LogP contribution in [0.1, 0.15) is 5.56 Å². The first-order chi connectivity index (χ1) is 9.10. The molecule has 0 spiro atoms. The molecule has 0 radical (unpaired) electrons. The molecule has 2 aromatic carbocycles. The average molecular weight is 273 g/mol. The number of rotatable bonds is 2. The van der Waals surface area contributed by atoms with Crippen LogP contribution >= 0.6 is 11.6 Å². The van der Waals surface area contributed by atoms with Crippen LogP contribution in [-0.2, 0) is 0 Å². The van der Waals surface area contributed by atoms with Crippen molar-refractivity contribution in [2.75, 3.05) is 5.32 Å². The number of halogens is 1. The molecule has 2 aromatic rings. The third kappa shape index (κ3) is 3.03. The van der Waals surface area contributed by atoms with E-state index in [2.05, 4.69) is 5.32 Å². The van der Waals surface area contributed by atoms with Crippen molar-refractivity contribution in [2.45, 2.75) is 0 Å². The molecule has 1 amide bonds. The standard InChI is InChI=1S/C14H9ClN2O2/c15-13-7-9(8-16)1-6-12(13)10-2-4-11(5-3-10)17-14(18)19/h1-7,17H,(H,18,19). The molecule has 2 N–H and O–H groups in total. The van der Waals surface area contributed by atoms with E-state index in [4.69, 9.17) is 22.0 Å². The first-order valence-electron chi connectivity index (χ1n) is 5.40. The Morgan fingerprint density at radius 1 is 1.21 bits per heavy atom. The van der Waals surface area contributed by atoms with Gasteiger partial charge < -0.3 is 5.11 Å². The van der Waals surface area contributed by atoms with E-state index in [1.807, 2.05) is 6.07 Å². The lowest BCUT2D eigenvalue weighted by molar-refractivity contribution is 0.210. The van der Waals surface area contributed by atoms with Crippen LogP contribution in [0, 0.1) is 11.3 Å². The average Bonchev–Trinajstić information content (AvgIpc) is 2.39. The molecule has 0 fully saturated rings. The van der Waals surface area contributed by atoms with Gasteiger partial charge in [-0.05, 0) is 29.8 Å². The van der Waals surface area contributed by atoms with Gasteiger partial charge in [0.1, 0.15) is 0 Å². The van der Waals surface area contributed by atoms with E-state index in [-0.39, 0.29) is 0 Å². The highest BCUT2D eigenvalue weighted by molar-refractivity contribution is 6.33. The number of carboxylic acid groups (broad SMARTS) is 1. The third-order valence-corrected chi connectivity index (χ3v) is 2.86. The maximum Gasteiger partial charge on any atom is 0.409 e. The van der Waals surface area contributed by atoms with Crippen LogP contribution in [0.5, 0.6) is 0 Å². The highest BCUT2D eigenvalue weighted by Crippen LogP contribution is 2.29. The van der Waals surface area contributed by atoms with Crippen LogP contribution in [0.2, 0.25) is 5.02 Å². The number of amides is 1. The van der Waals surface area contributed by atoms with Crippen LogP contribution in [0.3, 0.4) is 0 Å². The lowest BCUT2D eigenvalue weighted by Crippen LogP contribution is -2.06. The van der Waals surface area contributed by atoms with Crippen LogP contribution in [0.25, 0.3) is 11.1 Å². The van der Waals surface area contributed by atoms with Gasteiger partial charge in [-0.25, -0.2) is 4.79 Å². The molecule has 0 heterocycles. The predicted molar refractivity (Wildman–Crippen MR) is 73.3 cm³/mol. The van der Waals surface area contributed by atoms with Crippen molar-refractivity contribution in [2.24, 2.45) is 0 Å². The zero-order valence-electron chi connectivity index (χ0n) is 9.72. The summed E-state index contributed by atoms with van der Waals surface area (Å²) in [5, 5.41) is 20.1. The minimum atomic E-state index is -1.11. The first-order valence-corrected chi connectivity index (χ1v) is 5.78. The van der Waals surface area contributed by atoms with E-state index >= 15 is 0 Å². The fourth-order valence-electron chi connectivity index (χ4n) is 1.68. The number of carbonyl (C=O) groups is 1. The monoisotopic (exact) mass is 272 g/mol. The van der Waals surface area contributed by atoms with Crippen molar-refractivity contribution in [3.63, 3.8) is 0 Å². The molecule has 5 heteroatoms. The first kappa shape index (κ1) is 12.9. The molecule has 0 saturated carbocycles. The van der Waals surface area contributed by atoms with Gasteiger partial charge in [0.15, 0.2) is 0 Å². The topological polar surface area (TPSA) is 73.1 Å². The second-order valence-electron chi connectivity index (χ2n) is 3.81. The van der Waals surface area contributed by atoms with Gasteiger partial charge in [0, 0.05) is 16.3 Å². The molecule has 0 aliphatic heterocycles. The largest absolute Gasteiger partial charge is 0.465 e. The van der Waals surface area contributed by atoms with E-state index in [0.29, 0.717) is 16.3 Å². The summed E-state index contributed by atoms with van der Waals surface area (Å²) in [6.07, 6.45) is -1.11. The van der Waals surface area contributed by atoms with Gasteiger partial charge in [-0.1, -0.05) is 29.8 Å². The van der Waals surface area contributed by atoms with E-state index in [0.717, 1.165) is 11.1 Å². The van der Waals surface area contributed by atoms with Gasteiger partial charge in [-0.2, -0.15) is 5.26 Å². The van der Waals surface area contributed by atoms with E-state index in [1.54, 1.807) is 42.5 Å². The summed E-state index contributed by atoms with van der Waals surface area (Å²) < 4.78 is 0. The molecular formula is C14H9ClN2O2. The van der Waals surface area contributed by atoms with Crippen molar-refractivity contribution in [1.82, 2.24) is 0 Å². The smallest absolute Gasteiger partial charge is 0.409 e. The molecule has 0 bridgehead atoms. The Kier molecular flexibility index (Phi) is 3.69. The minimum absolute atomic E-state index is 0.484. The zero-order chi connectivity index (χ0) is 13.8. The van der Waals surface area contributed by atoms with E-state index < -0.39 is 6.09 Å². The van der Waals surface area contributed by atoms with Gasteiger partial charge in [0.25, 0.3) is 0 Å². The van der Waals surface area contributed by atoms with Gasteiger partial charge in [-0.3, -0.25) is 5.32 Å². The molecule has 4 nitrogen and oxygen atoms in total. The van der Waals surface area contributed by atoms with Crippen LogP contribution in [-0.4, -0.2) is 11.2 Å². The highest BCUT2D eigenvalue weighted by Gasteiger charge is 2.05. The van der Waals surface area contributed by atoms with Gasteiger partial charge in [-0.15, -0.1) is 0 Å².